The van der Waals surface area contributed by atoms with Crippen molar-refractivity contribution in [1.82, 2.24) is 0 Å². The molecular formula is C21H26N2O6. The van der Waals surface area contributed by atoms with Gasteiger partial charge in [0.05, 0.1) is 34.1 Å². The van der Waals surface area contributed by atoms with Crippen LogP contribution >= 0.6 is 0 Å². The molecule has 0 atom stereocenters. The summed E-state index contributed by atoms with van der Waals surface area (Å²) in [4.78, 5) is 24.8. The summed E-state index contributed by atoms with van der Waals surface area (Å²) in [5, 5.41) is 5.56. The Kier molecular flexibility index (Phi) is 7.30. The summed E-state index contributed by atoms with van der Waals surface area (Å²) >= 11 is 0. The maximum atomic E-state index is 12.8. The number of anilines is 2. The van der Waals surface area contributed by atoms with Crippen LogP contribution in [-0.4, -0.2) is 40.3 Å². The number of hydrogen-bond donors (Lipinski definition) is 2. The molecular weight excluding hydrogens is 376 g/mol. The molecule has 156 valence electrons. The zero-order valence-electron chi connectivity index (χ0n) is 17.4. The molecule has 0 aliphatic heterocycles. The summed E-state index contributed by atoms with van der Waals surface area (Å²) in [6, 6.07) is 8.05. The maximum absolute atomic E-state index is 12.8. The zero-order valence-corrected chi connectivity index (χ0v) is 17.4. The van der Waals surface area contributed by atoms with Crippen LogP contribution in [0.15, 0.2) is 30.3 Å². The minimum atomic E-state index is -0.373. The first-order valence-corrected chi connectivity index (χ1v) is 8.94. The lowest BCUT2D eigenvalue weighted by Gasteiger charge is -2.15. The third-order valence-electron chi connectivity index (χ3n) is 4.17. The predicted molar refractivity (Wildman–Crippen MR) is 111 cm³/mol. The standard InChI is InChI=1S/C21H26N2O6/c1-12(2)20(24)23-15-9-13(7-8-16(15)26-3)21(25)22-14-10-17(27-4)19(29-6)18(11-14)28-5/h7-12H,1-6H3,(H,22,25)(H,23,24). The molecule has 0 bridgehead atoms. The molecule has 2 rings (SSSR count). The van der Waals surface area contributed by atoms with Gasteiger partial charge in [0.25, 0.3) is 5.91 Å². The minimum absolute atomic E-state index is 0.175. The number of rotatable bonds is 8. The molecule has 8 nitrogen and oxygen atoms in total. The zero-order chi connectivity index (χ0) is 21.6. The van der Waals surface area contributed by atoms with Gasteiger partial charge in [0, 0.05) is 29.3 Å². The summed E-state index contributed by atoms with van der Waals surface area (Å²) in [6.45, 7) is 3.56. The van der Waals surface area contributed by atoms with Gasteiger partial charge in [-0.1, -0.05) is 13.8 Å². The van der Waals surface area contributed by atoms with Crippen LogP contribution in [0.25, 0.3) is 0 Å². The molecule has 0 saturated heterocycles. The Balaban J connectivity index is 2.32. The van der Waals surface area contributed by atoms with Gasteiger partial charge in [-0.2, -0.15) is 0 Å². The van der Waals surface area contributed by atoms with Crippen molar-refractivity contribution in [2.45, 2.75) is 13.8 Å². The van der Waals surface area contributed by atoms with Crippen molar-refractivity contribution in [3.8, 4) is 23.0 Å². The van der Waals surface area contributed by atoms with Crippen molar-refractivity contribution >= 4 is 23.2 Å². The average molecular weight is 402 g/mol. The summed E-state index contributed by atoms with van der Waals surface area (Å²) in [5.41, 5.74) is 1.23. The number of carbonyl (C=O) groups is 2. The lowest BCUT2D eigenvalue weighted by Crippen LogP contribution is -2.19. The smallest absolute Gasteiger partial charge is 0.255 e. The van der Waals surface area contributed by atoms with Crippen molar-refractivity contribution in [3.05, 3.63) is 35.9 Å². The SMILES string of the molecule is COc1ccc(C(=O)Nc2cc(OC)c(OC)c(OC)c2)cc1NC(=O)C(C)C. The van der Waals surface area contributed by atoms with Gasteiger partial charge in [-0.05, 0) is 18.2 Å². The first-order chi connectivity index (χ1) is 13.8. The van der Waals surface area contributed by atoms with Crippen molar-refractivity contribution in [2.24, 2.45) is 5.92 Å². The summed E-state index contributed by atoms with van der Waals surface area (Å²) in [6.07, 6.45) is 0. The molecule has 2 N–H and O–H groups in total. The number of amides is 2. The largest absolute Gasteiger partial charge is 0.495 e. The van der Waals surface area contributed by atoms with Crippen molar-refractivity contribution < 1.29 is 28.5 Å². The van der Waals surface area contributed by atoms with Crippen molar-refractivity contribution in [3.63, 3.8) is 0 Å². The highest BCUT2D eigenvalue weighted by atomic mass is 16.5. The molecule has 2 amide bonds. The predicted octanol–water partition coefficient (Wildman–Crippen LogP) is 3.57. The number of benzene rings is 2. The Morgan fingerprint density at radius 1 is 0.793 bits per heavy atom. The van der Waals surface area contributed by atoms with E-state index in [0.717, 1.165) is 0 Å². The first kappa shape index (κ1) is 21.9. The molecule has 0 fully saturated rings. The molecule has 0 aliphatic carbocycles. The van der Waals surface area contributed by atoms with Gasteiger partial charge in [-0.25, -0.2) is 0 Å². The molecule has 0 unspecified atom stereocenters. The molecule has 8 heteroatoms. The van der Waals surface area contributed by atoms with E-state index in [-0.39, 0.29) is 17.7 Å². The van der Waals surface area contributed by atoms with E-state index in [2.05, 4.69) is 10.6 Å². The van der Waals surface area contributed by atoms with Crippen LogP contribution in [0.5, 0.6) is 23.0 Å². The topological polar surface area (TPSA) is 95.1 Å². The molecule has 0 radical (unpaired) electrons. The third-order valence-corrected chi connectivity index (χ3v) is 4.17. The second kappa shape index (κ2) is 9.68. The van der Waals surface area contributed by atoms with E-state index in [9.17, 15) is 9.59 Å². The van der Waals surface area contributed by atoms with Crippen LogP contribution in [0.2, 0.25) is 0 Å². The quantitative estimate of drug-likeness (QED) is 0.701. The Morgan fingerprint density at radius 3 is 1.86 bits per heavy atom. The van der Waals surface area contributed by atoms with Crippen LogP contribution in [0.1, 0.15) is 24.2 Å². The highest BCUT2D eigenvalue weighted by Gasteiger charge is 2.17. The summed E-state index contributed by atoms with van der Waals surface area (Å²) < 4.78 is 21.2. The Hall–Kier alpha value is -3.42. The minimum Gasteiger partial charge on any atom is -0.495 e. The lowest BCUT2D eigenvalue weighted by atomic mass is 10.1. The number of ether oxygens (including phenoxy) is 4. The molecule has 0 saturated carbocycles. The Bertz CT molecular complexity index is 870. The van der Waals surface area contributed by atoms with Gasteiger partial charge < -0.3 is 29.6 Å². The van der Waals surface area contributed by atoms with Crippen LogP contribution in [-0.2, 0) is 4.79 Å². The summed E-state index contributed by atoms with van der Waals surface area (Å²) in [7, 11) is 5.99. The monoisotopic (exact) mass is 402 g/mol. The van der Waals surface area contributed by atoms with Gasteiger partial charge in [0.1, 0.15) is 5.75 Å². The van der Waals surface area contributed by atoms with Gasteiger partial charge in [-0.3, -0.25) is 9.59 Å². The first-order valence-electron chi connectivity index (χ1n) is 8.94. The van der Waals surface area contributed by atoms with Crippen LogP contribution in [0, 0.1) is 5.92 Å². The third kappa shape index (κ3) is 5.10. The van der Waals surface area contributed by atoms with Gasteiger partial charge in [-0.15, -0.1) is 0 Å². The van der Waals surface area contributed by atoms with E-state index in [4.69, 9.17) is 18.9 Å². The van der Waals surface area contributed by atoms with Crippen molar-refractivity contribution in [1.29, 1.82) is 0 Å². The Morgan fingerprint density at radius 2 is 1.38 bits per heavy atom. The lowest BCUT2D eigenvalue weighted by molar-refractivity contribution is -0.118. The second-order valence-corrected chi connectivity index (χ2v) is 6.43. The van der Waals surface area contributed by atoms with E-state index in [1.807, 2.05) is 0 Å². The number of methoxy groups -OCH3 is 4. The molecule has 0 heterocycles. The molecule has 2 aromatic rings. The van der Waals surface area contributed by atoms with E-state index in [1.165, 1.54) is 28.4 Å². The van der Waals surface area contributed by atoms with E-state index < -0.39 is 0 Å². The number of hydrogen-bond acceptors (Lipinski definition) is 6. The van der Waals surface area contributed by atoms with Crippen LogP contribution in [0.4, 0.5) is 11.4 Å². The summed E-state index contributed by atoms with van der Waals surface area (Å²) in [5.74, 6) is 0.965. The Labute approximate surface area is 170 Å². The second-order valence-electron chi connectivity index (χ2n) is 6.43. The van der Waals surface area contributed by atoms with Crippen molar-refractivity contribution in [2.75, 3.05) is 39.1 Å². The normalized spacial score (nSPS) is 10.3. The van der Waals surface area contributed by atoms with Crippen LogP contribution < -0.4 is 29.6 Å². The fourth-order valence-corrected chi connectivity index (χ4v) is 2.58. The highest BCUT2D eigenvalue weighted by Crippen LogP contribution is 2.40. The van der Waals surface area contributed by atoms with E-state index in [1.54, 1.807) is 44.2 Å². The molecule has 2 aromatic carbocycles. The fourth-order valence-electron chi connectivity index (χ4n) is 2.58. The number of carbonyl (C=O) groups excluding carboxylic acids is 2. The van der Waals surface area contributed by atoms with E-state index >= 15 is 0 Å². The van der Waals surface area contributed by atoms with E-state index in [0.29, 0.717) is 39.9 Å². The highest BCUT2D eigenvalue weighted by molar-refractivity contribution is 6.06. The maximum Gasteiger partial charge on any atom is 0.255 e. The molecule has 0 aliphatic rings. The van der Waals surface area contributed by atoms with Gasteiger partial charge in [0.15, 0.2) is 11.5 Å². The molecule has 29 heavy (non-hydrogen) atoms. The fraction of sp³-hybridized carbons (Fsp3) is 0.333. The van der Waals surface area contributed by atoms with Gasteiger partial charge in [0.2, 0.25) is 11.7 Å². The average Bonchev–Trinajstić information content (AvgIpc) is 2.72. The number of nitrogens with one attached hydrogen (secondary N) is 2. The van der Waals surface area contributed by atoms with Crippen LogP contribution in [0.3, 0.4) is 0 Å². The molecule has 0 spiro atoms. The van der Waals surface area contributed by atoms with Gasteiger partial charge >= 0.3 is 0 Å². The molecule has 0 aromatic heterocycles.